The van der Waals surface area contributed by atoms with Gasteiger partial charge in [-0.1, -0.05) is 30.3 Å². The van der Waals surface area contributed by atoms with Crippen LogP contribution in [0.4, 0.5) is 0 Å². The molecule has 0 radical (unpaired) electrons. The van der Waals surface area contributed by atoms with E-state index < -0.39 is 9.84 Å². The number of nitrogens with zero attached hydrogens (tertiary/aromatic N) is 1. The van der Waals surface area contributed by atoms with Crippen LogP contribution in [0, 0.1) is 0 Å². The van der Waals surface area contributed by atoms with Crippen LogP contribution in [-0.4, -0.2) is 25.4 Å². The van der Waals surface area contributed by atoms with Gasteiger partial charge in [0.25, 0.3) is 0 Å². The molecule has 0 fully saturated rings. The van der Waals surface area contributed by atoms with E-state index in [1.54, 1.807) is 11.3 Å². The van der Waals surface area contributed by atoms with E-state index in [1.807, 2.05) is 30.3 Å². The molecule has 1 aromatic heterocycles. The van der Waals surface area contributed by atoms with Gasteiger partial charge in [0.15, 0.2) is 0 Å². The molecule has 0 bridgehead atoms. The largest absolute Gasteiger partial charge is 0.303 e. The molecular weight excluding hydrogens is 316 g/mol. The Kier molecular flexibility index (Phi) is 4.61. The van der Waals surface area contributed by atoms with Crippen molar-refractivity contribution in [3.05, 3.63) is 51.5 Å². The Balaban J connectivity index is 1.72. The second kappa shape index (κ2) is 6.48. The first kappa shape index (κ1) is 15.6. The van der Waals surface area contributed by atoms with Crippen LogP contribution in [0.25, 0.3) is 0 Å². The van der Waals surface area contributed by atoms with Crippen molar-refractivity contribution in [3.63, 3.8) is 0 Å². The summed E-state index contributed by atoms with van der Waals surface area (Å²) in [7, 11) is -3.05. The standard InChI is InChI=1S/C16H20N2O2S2/c1-22(19,20)11-14(12-6-3-2-4-7-12)17-10-16-18-13-8-5-9-15(13)21-16/h2-4,6-7,14,17H,5,8-11H2,1H3/t14-/m0/s1. The summed E-state index contributed by atoms with van der Waals surface area (Å²) in [5, 5.41) is 4.42. The van der Waals surface area contributed by atoms with Gasteiger partial charge < -0.3 is 5.32 Å². The van der Waals surface area contributed by atoms with Crippen LogP contribution >= 0.6 is 11.3 Å². The first-order chi connectivity index (χ1) is 10.5. The molecule has 6 heteroatoms. The molecule has 0 amide bonds. The maximum Gasteiger partial charge on any atom is 0.149 e. The summed E-state index contributed by atoms with van der Waals surface area (Å²) in [6.45, 7) is 0.618. The SMILES string of the molecule is CS(=O)(=O)C[C@H](NCc1nc2c(s1)CCC2)c1ccccc1. The Bertz CT molecular complexity index is 717. The lowest BCUT2D eigenvalue weighted by Gasteiger charge is -2.17. The average Bonchev–Trinajstić information content (AvgIpc) is 3.04. The molecule has 3 rings (SSSR count). The number of nitrogens with one attached hydrogen (secondary N) is 1. The van der Waals surface area contributed by atoms with Gasteiger partial charge in [-0.05, 0) is 24.8 Å². The Labute approximate surface area is 135 Å². The molecule has 1 N–H and O–H groups in total. The second-order valence-corrected chi connectivity index (χ2v) is 9.12. The topological polar surface area (TPSA) is 59.1 Å². The summed E-state index contributed by atoms with van der Waals surface area (Å²) in [4.78, 5) is 6.06. The molecule has 1 aromatic carbocycles. The number of sulfone groups is 1. The minimum absolute atomic E-state index is 0.0993. The summed E-state index contributed by atoms with van der Waals surface area (Å²) in [5.74, 6) is 0.0993. The predicted octanol–water partition coefficient (Wildman–Crippen LogP) is 2.51. The van der Waals surface area contributed by atoms with E-state index in [1.165, 1.54) is 23.2 Å². The van der Waals surface area contributed by atoms with Crippen molar-refractivity contribution in [2.75, 3.05) is 12.0 Å². The maximum absolute atomic E-state index is 11.7. The third-order valence-corrected chi connectivity index (χ3v) is 5.91. The quantitative estimate of drug-likeness (QED) is 0.880. The number of thiazole rings is 1. The van der Waals surface area contributed by atoms with Crippen LogP contribution < -0.4 is 5.32 Å². The fraction of sp³-hybridized carbons (Fsp3) is 0.438. The number of rotatable bonds is 6. The van der Waals surface area contributed by atoms with E-state index in [0.717, 1.165) is 23.4 Å². The number of aryl methyl sites for hydroxylation is 2. The summed E-state index contributed by atoms with van der Waals surface area (Å²) in [5.41, 5.74) is 2.23. The summed E-state index contributed by atoms with van der Waals surface area (Å²) in [6, 6.07) is 9.53. The van der Waals surface area contributed by atoms with Gasteiger partial charge in [0.2, 0.25) is 0 Å². The van der Waals surface area contributed by atoms with Gasteiger partial charge in [-0.3, -0.25) is 0 Å². The maximum atomic E-state index is 11.7. The fourth-order valence-electron chi connectivity index (χ4n) is 2.79. The van der Waals surface area contributed by atoms with E-state index in [0.29, 0.717) is 6.54 Å². The van der Waals surface area contributed by atoms with Crippen molar-refractivity contribution < 1.29 is 8.42 Å². The molecule has 1 aliphatic rings. The Morgan fingerprint density at radius 2 is 2.05 bits per heavy atom. The zero-order chi connectivity index (χ0) is 15.6. The third-order valence-electron chi connectivity index (χ3n) is 3.81. The fourth-order valence-corrected chi connectivity index (χ4v) is 4.81. The summed E-state index contributed by atoms with van der Waals surface area (Å²) >= 11 is 1.75. The predicted molar refractivity (Wildman–Crippen MR) is 89.9 cm³/mol. The van der Waals surface area contributed by atoms with Crippen LogP contribution in [0.1, 0.15) is 33.6 Å². The number of fused-ring (bicyclic) bond motifs is 1. The normalized spacial score (nSPS) is 15.7. The Morgan fingerprint density at radius 3 is 2.73 bits per heavy atom. The number of hydrogen-bond donors (Lipinski definition) is 1. The molecule has 22 heavy (non-hydrogen) atoms. The van der Waals surface area contributed by atoms with E-state index in [2.05, 4.69) is 10.3 Å². The molecule has 4 nitrogen and oxygen atoms in total. The van der Waals surface area contributed by atoms with Crippen molar-refractivity contribution in [1.29, 1.82) is 0 Å². The molecule has 0 spiro atoms. The van der Waals surface area contributed by atoms with Gasteiger partial charge in [-0.15, -0.1) is 11.3 Å². The zero-order valence-electron chi connectivity index (χ0n) is 12.6. The molecule has 1 heterocycles. The number of benzene rings is 1. The third kappa shape index (κ3) is 3.94. The van der Waals surface area contributed by atoms with Crippen LogP contribution in [0.3, 0.4) is 0 Å². The minimum atomic E-state index is -3.05. The van der Waals surface area contributed by atoms with Crippen molar-refractivity contribution >= 4 is 21.2 Å². The van der Waals surface area contributed by atoms with E-state index in [-0.39, 0.29) is 11.8 Å². The Hall–Kier alpha value is -1.24. The van der Waals surface area contributed by atoms with Crippen LogP contribution in [0.2, 0.25) is 0 Å². The van der Waals surface area contributed by atoms with Gasteiger partial charge in [-0.2, -0.15) is 0 Å². The highest BCUT2D eigenvalue weighted by atomic mass is 32.2. The highest BCUT2D eigenvalue weighted by molar-refractivity contribution is 7.90. The highest BCUT2D eigenvalue weighted by Gasteiger charge is 2.20. The monoisotopic (exact) mass is 336 g/mol. The summed E-state index contributed by atoms with van der Waals surface area (Å²) in [6.07, 6.45) is 4.71. The minimum Gasteiger partial charge on any atom is -0.303 e. The lowest BCUT2D eigenvalue weighted by atomic mass is 10.1. The number of aromatic nitrogens is 1. The molecule has 0 unspecified atom stereocenters. The highest BCUT2D eigenvalue weighted by Crippen LogP contribution is 2.27. The van der Waals surface area contributed by atoms with Gasteiger partial charge in [0, 0.05) is 23.7 Å². The average molecular weight is 336 g/mol. The molecule has 2 aromatic rings. The first-order valence-electron chi connectivity index (χ1n) is 7.45. The van der Waals surface area contributed by atoms with E-state index >= 15 is 0 Å². The lowest BCUT2D eigenvalue weighted by molar-refractivity contribution is 0.549. The number of hydrogen-bond acceptors (Lipinski definition) is 5. The lowest BCUT2D eigenvalue weighted by Crippen LogP contribution is -2.27. The van der Waals surface area contributed by atoms with Crippen molar-refractivity contribution in [1.82, 2.24) is 10.3 Å². The molecular formula is C16H20N2O2S2. The van der Waals surface area contributed by atoms with Crippen molar-refractivity contribution in [2.24, 2.45) is 0 Å². The van der Waals surface area contributed by atoms with Gasteiger partial charge in [0.05, 0.1) is 11.4 Å². The molecule has 0 aliphatic heterocycles. The van der Waals surface area contributed by atoms with Crippen molar-refractivity contribution in [3.8, 4) is 0 Å². The van der Waals surface area contributed by atoms with Gasteiger partial charge in [-0.25, -0.2) is 13.4 Å². The smallest absolute Gasteiger partial charge is 0.149 e. The molecule has 0 saturated heterocycles. The summed E-state index contributed by atoms with van der Waals surface area (Å²) < 4.78 is 23.4. The van der Waals surface area contributed by atoms with Crippen LogP contribution in [0.5, 0.6) is 0 Å². The van der Waals surface area contributed by atoms with Gasteiger partial charge in [0.1, 0.15) is 14.8 Å². The van der Waals surface area contributed by atoms with Gasteiger partial charge >= 0.3 is 0 Å². The van der Waals surface area contributed by atoms with Crippen LogP contribution in [0.15, 0.2) is 30.3 Å². The zero-order valence-corrected chi connectivity index (χ0v) is 14.2. The van der Waals surface area contributed by atoms with Crippen molar-refractivity contribution in [2.45, 2.75) is 31.8 Å². The molecule has 0 saturated carbocycles. The Morgan fingerprint density at radius 1 is 1.27 bits per heavy atom. The first-order valence-corrected chi connectivity index (χ1v) is 10.3. The van der Waals surface area contributed by atoms with E-state index in [9.17, 15) is 8.42 Å². The van der Waals surface area contributed by atoms with Crippen LogP contribution in [-0.2, 0) is 29.2 Å². The molecule has 1 aliphatic carbocycles. The molecule has 118 valence electrons. The molecule has 1 atom stereocenters. The van der Waals surface area contributed by atoms with E-state index in [4.69, 9.17) is 0 Å². The second-order valence-electron chi connectivity index (χ2n) is 5.77.